The third kappa shape index (κ3) is 4.61. The first-order valence-corrected chi connectivity index (χ1v) is 8.86. The smallest absolute Gasteiger partial charge is 0.233 e. The SMILES string of the molecule is Cc1cc(C)c([C@@H](C)NC(=O)[C@H](C)Sc2ccccc2)cc1C. The van der Waals surface area contributed by atoms with Crippen molar-refractivity contribution in [2.75, 3.05) is 0 Å². The number of carbonyl (C=O) groups is 1. The van der Waals surface area contributed by atoms with E-state index < -0.39 is 0 Å². The van der Waals surface area contributed by atoms with Crippen LogP contribution in [0.4, 0.5) is 0 Å². The molecule has 0 aliphatic rings. The number of thioether (sulfide) groups is 1. The summed E-state index contributed by atoms with van der Waals surface area (Å²) in [5.74, 6) is 0.0731. The van der Waals surface area contributed by atoms with E-state index in [2.05, 4.69) is 45.1 Å². The Morgan fingerprint density at radius 3 is 2.22 bits per heavy atom. The zero-order valence-corrected chi connectivity index (χ0v) is 15.3. The number of amides is 1. The fourth-order valence-corrected chi connectivity index (χ4v) is 3.51. The lowest BCUT2D eigenvalue weighted by atomic mass is 9.96. The molecule has 0 unspecified atom stereocenters. The van der Waals surface area contributed by atoms with Crippen molar-refractivity contribution >= 4 is 17.7 Å². The van der Waals surface area contributed by atoms with Crippen LogP contribution in [0.15, 0.2) is 47.4 Å². The predicted molar refractivity (Wildman–Crippen MR) is 99.0 cm³/mol. The molecule has 0 aromatic heterocycles. The first-order chi connectivity index (χ1) is 10.9. The molecule has 2 aromatic rings. The molecular formula is C20H25NOS. The first kappa shape index (κ1) is 17.6. The highest BCUT2D eigenvalue weighted by molar-refractivity contribution is 8.00. The van der Waals surface area contributed by atoms with E-state index in [1.54, 1.807) is 11.8 Å². The van der Waals surface area contributed by atoms with Gasteiger partial charge >= 0.3 is 0 Å². The van der Waals surface area contributed by atoms with Gasteiger partial charge in [-0.3, -0.25) is 4.79 Å². The van der Waals surface area contributed by atoms with Gasteiger partial charge in [0.05, 0.1) is 11.3 Å². The van der Waals surface area contributed by atoms with E-state index in [4.69, 9.17) is 0 Å². The van der Waals surface area contributed by atoms with E-state index in [0.717, 1.165) is 4.90 Å². The van der Waals surface area contributed by atoms with Crippen LogP contribution in [-0.4, -0.2) is 11.2 Å². The summed E-state index contributed by atoms with van der Waals surface area (Å²) in [6.07, 6.45) is 0. The van der Waals surface area contributed by atoms with Crippen LogP contribution in [0.1, 0.15) is 42.1 Å². The second kappa shape index (κ2) is 7.69. The topological polar surface area (TPSA) is 29.1 Å². The summed E-state index contributed by atoms with van der Waals surface area (Å²) in [6, 6.07) is 14.4. The number of nitrogens with one attached hydrogen (secondary N) is 1. The molecule has 1 amide bonds. The molecule has 0 saturated carbocycles. The fraction of sp³-hybridized carbons (Fsp3) is 0.350. The van der Waals surface area contributed by atoms with E-state index in [0.29, 0.717) is 0 Å². The molecule has 2 nitrogen and oxygen atoms in total. The molecule has 0 radical (unpaired) electrons. The summed E-state index contributed by atoms with van der Waals surface area (Å²) < 4.78 is 0. The van der Waals surface area contributed by atoms with Gasteiger partial charge in [0, 0.05) is 4.90 Å². The average molecular weight is 327 g/mol. The number of rotatable bonds is 5. The van der Waals surface area contributed by atoms with Crippen molar-refractivity contribution in [1.82, 2.24) is 5.32 Å². The van der Waals surface area contributed by atoms with E-state index in [9.17, 15) is 4.79 Å². The van der Waals surface area contributed by atoms with Gasteiger partial charge in [-0.25, -0.2) is 0 Å². The van der Waals surface area contributed by atoms with Crippen molar-refractivity contribution in [3.63, 3.8) is 0 Å². The molecule has 0 aliphatic carbocycles. The predicted octanol–water partition coefficient (Wildman–Crippen LogP) is 4.97. The standard InChI is InChI=1S/C20H25NOS/c1-13-11-15(3)19(12-14(13)2)16(4)21-20(22)17(5)23-18-9-7-6-8-10-18/h6-12,16-17H,1-5H3,(H,21,22)/t16-,17+/m1/s1. The second-order valence-corrected chi connectivity index (χ2v) is 7.51. The van der Waals surface area contributed by atoms with Gasteiger partial charge in [0.15, 0.2) is 0 Å². The molecule has 0 aliphatic heterocycles. The molecule has 1 N–H and O–H groups in total. The summed E-state index contributed by atoms with van der Waals surface area (Å²) in [5.41, 5.74) is 4.97. The molecule has 23 heavy (non-hydrogen) atoms. The summed E-state index contributed by atoms with van der Waals surface area (Å²) in [6.45, 7) is 10.3. The Balaban J connectivity index is 2.03. The quantitative estimate of drug-likeness (QED) is 0.786. The van der Waals surface area contributed by atoms with Gasteiger partial charge in [-0.2, -0.15) is 0 Å². The highest BCUT2D eigenvalue weighted by Crippen LogP contribution is 2.25. The zero-order chi connectivity index (χ0) is 17.0. The Bertz CT molecular complexity index is 682. The lowest BCUT2D eigenvalue weighted by Gasteiger charge is -2.20. The number of carbonyl (C=O) groups excluding carboxylic acids is 1. The van der Waals surface area contributed by atoms with Crippen molar-refractivity contribution in [2.45, 2.75) is 50.8 Å². The molecule has 2 rings (SSSR count). The number of benzene rings is 2. The van der Waals surface area contributed by atoms with Gasteiger partial charge in [-0.15, -0.1) is 11.8 Å². The Labute approximate surface area is 143 Å². The molecule has 0 saturated heterocycles. The molecule has 2 atom stereocenters. The lowest BCUT2D eigenvalue weighted by Crippen LogP contribution is -2.33. The van der Waals surface area contributed by atoms with Crippen molar-refractivity contribution in [1.29, 1.82) is 0 Å². The van der Waals surface area contributed by atoms with Crippen LogP contribution in [0, 0.1) is 20.8 Å². The third-order valence-electron chi connectivity index (χ3n) is 4.13. The average Bonchev–Trinajstić information content (AvgIpc) is 2.51. The van der Waals surface area contributed by atoms with Crippen LogP contribution in [0.2, 0.25) is 0 Å². The van der Waals surface area contributed by atoms with Crippen molar-refractivity contribution < 1.29 is 4.79 Å². The van der Waals surface area contributed by atoms with Crippen LogP contribution in [0.3, 0.4) is 0 Å². The van der Waals surface area contributed by atoms with Gasteiger partial charge in [0.1, 0.15) is 0 Å². The van der Waals surface area contributed by atoms with Crippen LogP contribution in [-0.2, 0) is 4.79 Å². The van der Waals surface area contributed by atoms with Crippen LogP contribution < -0.4 is 5.32 Å². The van der Waals surface area contributed by atoms with Gasteiger partial charge in [-0.1, -0.05) is 30.3 Å². The van der Waals surface area contributed by atoms with Crippen LogP contribution in [0.5, 0.6) is 0 Å². The van der Waals surface area contributed by atoms with Crippen molar-refractivity contribution in [2.24, 2.45) is 0 Å². The highest BCUT2D eigenvalue weighted by Gasteiger charge is 2.18. The number of aryl methyl sites for hydroxylation is 3. The summed E-state index contributed by atoms with van der Waals surface area (Å²) in [4.78, 5) is 13.6. The molecule has 3 heteroatoms. The van der Waals surface area contributed by atoms with E-state index in [1.165, 1.54) is 22.3 Å². The second-order valence-electron chi connectivity index (χ2n) is 6.10. The fourth-order valence-electron chi connectivity index (χ4n) is 2.61. The largest absolute Gasteiger partial charge is 0.349 e. The Morgan fingerprint density at radius 1 is 0.957 bits per heavy atom. The summed E-state index contributed by atoms with van der Waals surface area (Å²) >= 11 is 1.59. The van der Waals surface area contributed by atoms with Gasteiger partial charge < -0.3 is 5.32 Å². The van der Waals surface area contributed by atoms with E-state index in [-0.39, 0.29) is 17.2 Å². The van der Waals surface area contributed by atoms with Gasteiger partial charge in [-0.05, 0) is 69.0 Å². The molecular weight excluding hydrogens is 302 g/mol. The molecule has 0 fully saturated rings. The Hall–Kier alpha value is -1.74. The molecule has 122 valence electrons. The number of hydrogen-bond donors (Lipinski definition) is 1. The molecule has 0 bridgehead atoms. The summed E-state index contributed by atoms with van der Waals surface area (Å²) in [5, 5.41) is 3.03. The zero-order valence-electron chi connectivity index (χ0n) is 14.5. The minimum Gasteiger partial charge on any atom is -0.349 e. The monoisotopic (exact) mass is 327 g/mol. The molecule has 2 aromatic carbocycles. The Kier molecular flexibility index (Phi) is 5.89. The number of hydrogen-bond acceptors (Lipinski definition) is 2. The van der Waals surface area contributed by atoms with Crippen LogP contribution >= 0.6 is 11.8 Å². The van der Waals surface area contributed by atoms with E-state index in [1.807, 2.05) is 37.3 Å². The first-order valence-electron chi connectivity index (χ1n) is 7.98. The van der Waals surface area contributed by atoms with Crippen LogP contribution in [0.25, 0.3) is 0 Å². The van der Waals surface area contributed by atoms with Crippen molar-refractivity contribution in [3.05, 3.63) is 64.7 Å². The summed E-state index contributed by atoms with van der Waals surface area (Å²) in [7, 11) is 0. The highest BCUT2D eigenvalue weighted by atomic mass is 32.2. The van der Waals surface area contributed by atoms with Gasteiger partial charge in [0.2, 0.25) is 5.91 Å². The maximum Gasteiger partial charge on any atom is 0.233 e. The normalized spacial score (nSPS) is 13.4. The van der Waals surface area contributed by atoms with Gasteiger partial charge in [0.25, 0.3) is 0 Å². The maximum atomic E-state index is 12.5. The maximum absolute atomic E-state index is 12.5. The van der Waals surface area contributed by atoms with Crippen molar-refractivity contribution in [3.8, 4) is 0 Å². The third-order valence-corrected chi connectivity index (χ3v) is 5.24. The molecule has 0 spiro atoms. The Morgan fingerprint density at radius 2 is 1.57 bits per heavy atom. The molecule has 0 heterocycles. The van der Waals surface area contributed by atoms with E-state index >= 15 is 0 Å². The minimum atomic E-state index is -0.119. The minimum absolute atomic E-state index is 0.0145. The lowest BCUT2D eigenvalue weighted by molar-refractivity contribution is -0.120.